The zero-order valence-electron chi connectivity index (χ0n) is 37.0. The lowest BCUT2D eigenvalue weighted by Gasteiger charge is -2.08. The molecule has 0 aliphatic rings. The number of ether oxygens (including phenoxy) is 12. The maximum Gasteiger partial charge on any atom is 0.412 e. The van der Waals surface area contributed by atoms with Gasteiger partial charge in [-0.05, 0) is 35.3 Å². The molecule has 376 valence electrons. The van der Waals surface area contributed by atoms with Crippen LogP contribution in [-0.2, 0) is 47.4 Å². The molecule has 67 heavy (non-hydrogen) atoms. The van der Waals surface area contributed by atoms with Crippen LogP contribution in [0.1, 0.15) is 0 Å². The number of nitrogens with one attached hydrogen (secondary N) is 1. The van der Waals surface area contributed by atoms with E-state index in [0.29, 0.717) is 145 Å². The topological polar surface area (TPSA) is 367 Å². The molecule has 0 bridgehead atoms. The van der Waals surface area contributed by atoms with Crippen molar-refractivity contribution in [2.45, 2.75) is 0 Å². The van der Waals surface area contributed by atoms with Gasteiger partial charge in [0.1, 0.15) is 11.5 Å². The van der Waals surface area contributed by atoms with Crippen LogP contribution >= 0.6 is 11.6 Å². The molecule has 0 saturated heterocycles. The van der Waals surface area contributed by atoms with Gasteiger partial charge in [-0.25, -0.2) is 9.59 Å². The molecule has 2 rings (SSSR count). The average molecular weight is 979 g/mol. The summed E-state index contributed by atoms with van der Waals surface area (Å²) in [6.45, 7) is 10.6. The third kappa shape index (κ3) is 42.8. The van der Waals surface area contributed by atoms with Gasteiger partial charge in [0.25, 0.3) is 11.4 Å². The predicted octanol–water partition coefficient (Wildman–Crippen LogP) is 4.75. The lowest BCUT2D eigenvalue weighted by Crippen LogP contribution is -2.30. The number of carbonyl (C=O) groups is 2. The molecule has 0 saturated carbocycles. The van der Waals surface area contributed by atoms with E-state index in [1.54, 1.807) is 0 Å². The Hall–Kier alpha value is -5.55. The molecule has 0 aliphatic carbocycles. The number of azide groups is 2. The summed E-state index contributed by atoms with van der Waals surface area (Å²) in [4.78, 5) is 46.8. The third-order valence-corrected chi connectivity index (χ3v) is 7.13. The van der Waals surface area contributed by atoms with Gasteiger partial charge in [-0.2, -0.15) is 0 Å². The monoisotopic (exact) mass is 978 g/mol. The Morgan fingerprint density at radius 2 is 0.821 bits per heavy atom. The van der Waals surface area contributed by atoms with Gasteiger partial charge in [-0.3, -0.25) is 20.2 Å². The molecule has 0 heterocycles. The van der Waals surface area contributed by atoms with Gasteiger partial charge in [0.2, 0.25) is 0 Å². The van der Waals surface area contributed by atoms with Gasteiger partial charge < -0.3 is 67.9 Å². The Labute approximate surface area is 390 Å². The van der Waals surface area contributed by atoms with Crippen molar-refractivity contribution in [3.63, 3.8) is 0 Å². The van der Waals surface area contributed by atoms with Gasteiger partial charge in [0.15, 0.2) is 0 Å². The lowest BCUT2D eigenvalue weighted by molar-refractivity contribution is -0.385. The van der Waals surface area contributed by atoms with Crippen molar-refractivity contribution >= 4 is 34.5 Å². The largest absolute Gasteiger partial charge is 0.414 e. The van der Waals surface area contributed by atoms with Crippen LogP contribution in [0.4, 0.5) is 21.0 Å². The fraction of sp³-hybridized carbons (Fsp3) is 0.632. The molecule has 1 amide bonds. The summed E-state index contributed by atoms with van der Waals surface area (Å²) in [5.41, 5.74) is 20.3. The summed E-state index contributed by atoms with van der Waals surface area (Å²) in [7, 11) is 0. The third-order valence-electron chi connectivity index (χ3n) is 7.06. The van der Waals surface area contributed by atoms with Crippen molar-refractivity contribution in [3.8, 4) is 11.5 Å². The molecular weight excluding hydrogens is 920 g/mol. The van der Waals surface area contributed by atoms with Crippen LogP contribution in [-0.4, -0.2) is 180 Å². The van der Waals surface area contributed by atoms with Crippen LogP contribution in [0.2, 0.25) is 0 Å². The molecule has 2 aromatic rings. The Balaban J connectivity index is 0.00000109. The van der Waals surface area contributed by atoms with E-state index in [1.165, 1.54) is 48.5 Å². The maximum atomic E-state index is 11.6. The normalized spacial score (nSPS) is 10.2. The van der Waals surface area contributed by atoms with Crippen molar-refractivity contribution in [3.05, 3.63) is 89.6 Å². The molecule has 0 aliphatic heterocycles. The smallest absolute Gasteiger partial charge is 0.412 e. The van der Waals surface area contributed by atoms with Gasteiger partial charge in [0.05, 0.1) is 142 Å². The number of halogens is 1. The molecule has 0 aromatic heterocycles. The molecule has 0 fully saturated rings. The quantitative estimate of drug-likeness (QED) is 0.0174. The van der Waals surface area contributed by atoms with Crippen LogP contribution in [0.25, 0.3) is 20.9 Å². The van der Waals surface area contributed by atoms with E-state index in [9.17, 15) is 29.8 Å². The van der Waals surface area contributed by atoms with Crippen molar-refractivity contribution in [2.24, 2.45) is 16.0 Å². The standard InChI is InChI=1S/C19H29N5O9.C12H26N4O5.C7H4ClNO4/c20-23-22-6-8-29-10-12-31-14-16-32-15-13-30-11-9-28-7-5-21-19(25)33-18-3-1-17(2-4-18)24(26)27;13-1-3-17-5-7-19-9-11-21-12-10-20-8-6-18-4-2-15-16-14;8-7(10)13-6-3-1-5(2-4-6)9(11)12/h1-4H,5-16H2,(H,21,25);1-13H2;1-4H. The number of nitrogens with two attached hydrogens (primary N) is 1. The van der Waals surface area contributed by atoms with Crippen molar-refractivity contribution in [2.75, 3.05) is 158 Å². The number of benzene rings is 2. The summed E-state index contributed by atoms with van der Waals surface area (Å²) >= 11 is 4.92. The Kier molecular flexibility index (Phi) is 43.1. The summed E-state index contributed by atoms with van der Waals surface area (Å²) in [6.07, 6.45) is -0.678. The molecule has 29 heteroatoms. The van der Waals surface area contributed by atoms with E-state index >= 15 is 0 Å². The van der Waals surface area contributed by atoms with Crippen LogP contribution in [0.3, 0.4) is 0 Å². The van der Waals surface area contributed by atoms with Gasteiger partial charge in [-0.15, -0.1) is 0 Å². The van der Waals surface area contributed by atoms with E-state index < -0.39 is 21.4 Å². The number of hydrogen-bond donors (Lipinski definition) is 2. The molecule has 0 atom stereocenters. The second-order valence-corrected chi connectivity index (χ2v) is 12.3. The second-order valence-electron chi connectivity index (χ2n) is 12.0. The van der Waals surface area contributed by atoms with Crippen LogP contribution in [0, 0.1) is 20.2 Å². The van der Waals surface area contributed by atoms with Gasteiger partial charge in [-0.1, -0.05) is 10.2 Å². The fourth-order valence-electron chi connectivity index (χ4n) is 4.08. The summed E-state index contributed by atoms with van der Waals surface area (Å²) in [6, 6.07) is 10.2. The minimum Gasteiger partial charge on any atom is -0.414 e. The zero-order valence-corrected chi connectivity index (χ0v) is 37.7. The molecule has 0 radical (unpaired) electrons. The predicted molar refractivity (Wildman–Crippen MR) is 237 cm³/mol. The lowest BCUT2D eigenvalue weighted by atomic mass is 10.3. The van der Waals surface area contributed by atoms with Crippen LogP contribution in [0.15, 0.2) is 58.8 Å². The van der Waals surface area contributed by atoms with E-state index in [-0.39, 0.29) is 36.0 Å². The highest BCUT2D eigenvalue weighted by atomic mass is 35.5. The average Bonchev–Trinajstić information content (AvgIpc) is 3.31. The second kappa shape index (κ2) is 47.0. The van der Waals surface area contributed by atoms with E-state index in [2.05, 4.69) is 30.1 Å². The number of rotatable bonds is 39. The first kappa shape index (κ1) is 61.5. The number of hydrogen-bond acceptors (Lipinski definition) is 21. The van der Waals surface area contributed by atoms with Crippen molar-refractivity contribution < 1.29 is 76.3 Å². The Morgan fingerprint density at radius 1 is 0.522 bits per heavy atom. The highest BCUT2D eigenvalue weighted by Crippen LogP contribution is 2.18. The van der Waals surface area contributed by atoms with Gasteiger partial charge in [0, 0.05) is 71.9 Å². The molecule has 28 nitrogen and oxygen atoms in total. The first-order chi connectivity index (χ1) is 32.6. The molecule has 3 N–H and O–H groups in total. The van der Waals surface area contributed by atoms with E-state index in [4.69, 9.17) is 80.5 Å². The first-order valence-electron chi connectivity index (χ1n) is 20.5. The molecular formula is C38H59ClN10O18. The van der Waals surface area contributed by atoms with Crippen LogP contribution in [0.5, 0.6) is 11.5 Å². The maximum absolute atomic E-state index is 11.6. The zero-order chi connectivity index (χ0) is 49.3. The molecule has 0 spiro atoms. The van der Waals surface area contributed by atoms with Crippen LogP contribution < -0.4 is 20.5 Å². The number of nitro benzene ring substituents is 2. The van der Waals surface area contributed by atoms with E-state index in [0.717, 1.165) is 0 Å². The fourth-order valence-corrected chi connectivity index (χ4v) is 4.17. The summed E-state index contributed by atoms with van der Waals surface area (Å²) in [5.74, 6) is 0.375. The highest BCUT2D eigenvalue weighted by Gasteiger charge is 2.08. The van der Waals surface area contributed by atoms with E-state index in [1.807, 2.05) is 0 Å². The Bertz CT molecular complexity index is 1660. The number of nitrogens with zero attached hydrogens (tertiary/aromatic N) is 8. The molecule has 0 unspecified atom stereocenters. The van der Waals surface area contributed by atoms with Gasteiger partial charge >= 0.3 is 11.5 Å². The minimum absolute atomic E-state index is 0.0747. The molecule has 2 aromatic carbocycles. The number of non-ortho nitro benzene ring substituents is 2. The Morgan fingerprint density at radius 3 is 1.12 bits per heavy atom. The summed E-state index contributed by atoms with van der Waals surface area (Å²) in [5, 5.41) is 30.0. The SMILES string of the molecule is O=C(Cl)Oc1ccc([N+](=O)[O-])cc1.[N-]=[N+]=NCCOCCOCCOCCOCCOCCN.[N-]=[N+]=NCCOCCOCCOCCOCCOCCNC(=O)Oc1ccc([N+](=O)[O-])cc1. The summed E-state index contributed by atoms with van der Waals surface area (Å²) < 4.78 is 62.2. The first-order valence-corrected chi connectivity index (χ1v) is 20.8. The van der Waals surface area contributed by atoms with Crippen molar-refractivity contribution in [1.29, 1.82) is 0 Å². The highest BCUT2D eigenvalue weighted by molar-refractivity contribution is 6.61. The number of amides is 1. The number of nitro groups is 2. The number of carbonyl (C=O) groups excluding carboxylic acids is 2. The van der Waals surface area contributed by atoms with Crippen molar-refractivity contribution in [1.82, 2.24) is 5.32 Å². The minimum atomic E-state index is -0.978.